The van der Waals surface area contributed by atoms with E-state index in [1.54, 1.807) is 6.08 Å². The van der Waals surface area contributed by atoms with E-state index in [1.807, 2.05) is 32.9 Å². The van der Waals surface area contributed by atoms with Gasteiger partial charge in [-0.15, -0.1) is 0 Å². The maximum Gasteiger partial charge on any atom is 0.123 e. The van der Waals surface area contributed by atoms with Crippen molar-refractivity contribution in [2.24, 2.45) is 0 Å². The van der Waals surface area contributed by atoms with Crippen LogP contribution in [0.3, 0.4) is 0 Å². The van der Waals surface area contributed by atoms with E-state index < -0.39 is 0 Å². The molecule has 0 aliphatic heterocycles. The molecule has 0 aromatic carbocycles. The Bertz CT molecular complexity index is 378. The van der Waals surface area contributed by atoms with Crippen molar-refractivity contribution >= 4 is 0 Å². The highest BCUT2D eigenvalue weighted by Gasteiger charge is 1.99. The van der Waals surface area contributed by atoms with Gasteiger partial charge in [-0.2, -0.15) is 0 Å². The molecule has 0 saturated carbocycles. The van der Waals surface area contributed by atoms with Gasteiger partial charge >= 0.3 is 0 Å². The van der Waals surface area contributed by atoms with Gasteiger partial charge in [-0.05, 0) is 32.4 Å². The predicted octanol–water partition coefficient (Wildman–Crippen LogP) is 4.69. The summed E-state index contributed by atoms with van der Waals surface area (Å²) < 4.78 is 5.44. The van der Waals surface area contributed by atoms with Crippen molar-refractivity contribution in [1.29, 1.82) is 0 Å². The Morgan fingerprint density at radius 3 is 1.88 bits per heavy atom. The highest BCUT2D eigenvalue weighted by atomic mass is 16.5. The molecule has 0 aliphatic carbocycles. The second-order valence-corrected chi connectivity index (χ2v) is 3.84. The minimum absolute atomic E-state index is 0.544. The molecule has 16 heavy (non-hydrogen) atoms. The van der Waals surface area contributed by atoms with Crippen molar-refractivity contribution in [3.05, 3.63) is 72.8 Å². The van der Waals surface area contributed by atoms with Gasteiger partial charge in [0.25, 0.3) is 0 Å². The zero-order chi connectivity index (χ0) is 12.7. The summed E-state index contributed by atoms with van der Waals surface area (Å²) in [5.41, 5.74) is 2.85. The summed E-state index contributed by atoms with van der Waals surface area (Å²) in [4.78, 5) is 0. The molecular formula is C15H20O. The summed E-state index contributed by atoms with van der Waals surface area (Å²) in [6, 6.07) is 0. The summed E-state index contributed by atoms with van der Waals surface area (Å²) in [6.45, 7) is 20.9. The van der Waals surface area contributed by atoms with Crippen LogP contribution in [0.4, 0.5) is 0 Å². The second kappa shape index (κ2) is 6.67. The lowest BCUT2D eigenvalue weighted by molar-refractivity contribution is 0.333. The number of hydrogen-bond donors (Lipinski definition) is 0. The van der Waals surface area contributed by atoms with E-state index in [1.165, 1.54) is 0 Å². The van der Waals surface area contributed by atoms with Gasteiger partial charge < -0.3 is 4.74 Å². The lowest BCUT2D eigenvalue weighted by atomic mass is 10.2. The Labute approximate surface area is 98.8 Å². The molecule has 0 aromatic heterocycles. The number of hydrogen-bond acceptors (Lipinski definition) is 1. The van der Waals surface area contributed by atoms with Gasteiger partial charge in [0, 0.05) is 0 Å². The van der Waals surface area contributed by atoms with Crippen molar-refractivity contribution in [3.63, 3.8) is 0 Å². The summed E-state index contributed by atoms with van der Waals surface area (Å²) in [5.74, 6) is 1.13. The molecule has 0 spiro atoms. The van der Waals surface area contributed by atoms with Crippen molar-refractivity contribution in [2.45, 2.75) is 20.8 Å². The monoisotopic (exact) mass is 216 g/mol. The van der Waals surface area contributed by atoms with Gasteiger partial charge in [-0.25, -0.2) is 0 Å². The van der Waals surface area contributed by atoms with E-state index in [0.29, 0.717) is 11.5 Å². The fourth-order valence-electron chi connectivity index (χ4n) is 0.958. The molecule has 0 rings (SSSR count). The minimum atomic E-state index is 0.544. The Balaban J connectivity index is 4.41. The molecule has 0 aliphatic rings. The molecule has 0 N–H and O–H groups in total. The molecule has 86 valence electrons. The van der Waals surface area contributed by atoms with Crippen LogP contribution in [0.1, 0.15) is 20.8 Å². The average molecular weight is 216 g/mol. The smallest absolute Gasteiger partial charge is 0.123 e. The lowest BCUT2D eigenvalue weighted by Gasteiger charge is -2.08. The third-order valence-electron chi connectivity index (χ3n) is 1.71. The van der Waals surface area contributed by atoms with Gasteiger partial charge in [-0.3, -0.25) is 0 Å². The topological polar surface area (TPSA) is 9.23 Å². The fourth-order valence-corrected chi connectivity index (χ4v) is 0.958. The van der Waals surface area contributed by atoms with Gasteiger partial charge in [0.2, 0.25) is 0 Å². The SMILES string of the molecule is C=C(C)/C=C\C(=C)OC(=C)/C(C)=C\C(=C)C. The summed E-state index contributed by atoms with van der Waals surface area (Å²) in [7, 11) is 0. The highest BCUT2D eigenvalue weighted by molar-refractivity contribution is 5.30. The fraction of sp³-hybridized carbons (Fsp3) is 0.200. The van der Waals surface area contributed by atoms with Crippen molar-refractivity contribution in [1.82, 2.24) is 0 Å². The Hall–Kier alpha value is -1.76. The summed E-state index contributed by atoms with van der Waals surface area (Å²) >= 11 is 0. The first-order valence-corrected chi connectivity index (χ1v) is 5.06. The molecular weight excluding hydrogens is 196 g/mol. The van der Waals surface area contributed by atoms with Gasteiger partial charge in [0.1, 0.15) is 11.5 Å². The Morgan fingerprint density at radius 1 is 0.875 bits per heavy atom. The lowest BCUT2D eigenvalue weighted by Crippen LogP contribution is -1.91. The third-order valence-corrected chi connectivity index (χ3v) is 1.71. The van der Waals surface area contributed by atoms with Crippen LogP contribution in [0.15, 0.2) is 72.8 Å². The van der Waals surface area contributed by atoms with Gasteiger partial charge in [0.15, 0.2) is 0 Å². The van der Waals surface area contributed by atoms with E-state index >= 15 is 0 Å². The van der Waals surface area contributed by atoms with E-state index in [2.05, 4.69) is 26.3 Å². The first-order valence-electron chi connectivity index (χ1n) is 5.06. The largest absolute Gasteiger partial charge is 0.458 e. The molecule has 0 saturated heterocycles. The van der Waals surface area contributed by atoms with Crippen LogP contribution < -0.4 is 0 Å². The standard InChI is InChI=1S/C15H20O/c1-11(2)8-9-14(6)16-15(7)13(5)10-12(3)4/h8-10H,1,3,6-7H2,2,4-5H3/b9-8-,13-10-. The number of ether oxygens (including phenoxy) is 1. The van der Waals surface area contributed by atoms with E-state index in [0.717, 1.165) is 16.7 Å². The molecule has 1 heteroatoms. The van der Waals surface area contributed by atoms with Crippen LogP contribution in [0.25, 0.3) is 0 Å². The maximum atomic E-state index is 5.44. The Kier molecular flexibility index (Phi) is 5.94. The van der Waals surface area contributed by atoms with Crippen LogP contribution in [0, 0.1) is 0 Å². The molecule has 0 fully saturated rings. The van der Waals surface area contributed by atoms with Crippen molar-refractivity contribution in [3.8, 4) is 0 Å². The molecule has 0 bridgehead atoms. The van der Waals surface area contributed by atoms with Crippen LogP contribution >= 0.6 is 0 Å². The van der Waals surface area contributed by atoms with Crippen LogP contribution in [0.2, 0.25) is 0 Å². The maximum absolute atomic E-state index is 5.44. The highest BCUT2D eigenvalue weighted by Crippen LogP contribution is 2.15. The Morgan fingerprint density at radius 2 is 1.44 bits per heavy atom. The third kappa shape index (κ3) is 6.66. The summed E-state index contributed by atoms with van der Waals surface area (Å²) in [6.07, 6.45) is 5.52. The van der Waals surface area contributed by atoms with E-state index in [9.17, 15) is 0 Å². The first-order chi connectivity index (χ1) is 7.32. The van der Waals surface area contributed by atoms with Crippen molar-refractivity contribution in [2.75, 3.05) is 0 Å². The summed E-state index contributed by atoms with van der Waals surface area (Å²) in [5, 5.41) is 0. The zero-order valence-corrected chi connectivity index (χ0v) is 10.5. The average Bonchev–Trinajstić information content (AvgIpc) is 2.13. The van der Waals surface area contributed by atoms with E-state index in [-0.39, 0.29) is 0 Å². The number of rotatable bonds is 6. The van der Waals surface area contributed by atoms with Crippen molar-refractivity contribution < 1.29 is 4.74 Å². The molecule has 0 atom stereocenters. The van der Waals surface area contributed by atoms with Gasteiger partial charge in [-0.1, -0.05) is 49.6 Å². The normalized spacial score (nSPS) is 11.3. The second-order valence-electron chi connectivity index (χ2n) is 3.84. The first kappa shape index (κ1) is 14.2. The van der Waals surface area contributed by atoms with E-state index in [4.69, 9.17) is 4.74 Å². The zero-order valence-electron chi connectivity index (χ0n) is 10.5. The van der Waals surface area contributed by atoms with Gasteiger partial charge in [0.05, 0.1) is 0 Å². The quantitative estimate of drug-likeness (QED) is 0.462. The van der Waals surface area contributed by atoms with Crippen LogP contribution in [-0.4, -0.2) is 0 Å². The molecule has 0 unspecified atom stereocenters. The molecule has 0 aromatic rings. The molecule has 0 radical (unpaired) electrons. The number of allylic oxidation sites excluding steroid dienone is 6. The van der Waals surface area contributed by atoms with Crippen LogP contribution in [-0.2, 0) is 4.74 Å². The molecule has 0 heterocycles. The minimum Gasteiger partial charge on any atom is -0.458 e. The molecule has 1 nitrogen and oxygen atoms in total. The van der Waals surface area contributed by atoms with Crippen LogP contribution in [0.5, 0.6) is 0 Å². The molecule has 0 amide bonds. The predicted molar refractivity (Wildman–Crippen MR) is 71.9 cm³/mol.